The molecule has 0 radical (unpaired) electrons. The summed E-state index contributed by atoms with van der Waals surface area (Å²) in [6.45, 7) is 4.16. The minimum atomic E-state index is -3.43. The minimum absolute atomic E-state index is 0.130. The summed E-state index contributed by atoms with van der Waals surface area (Å²) < 4.78 is 26.9. The number of sulfonamides is 1. The van der Waals surface area contributed by atoms with Gasteiger partial charge in [0.15, 0.2) is 0 Å². The van der Waals surface area contributed by atoms with E-state index in [0.717, 1.165) is 11.1 Å². The van der Waals surface area contributed by atoms with Crippen molar-refractivity contribution in [2.75, 3.05) is 0 Å². The van der Waals surface area contributed by atoms with Crippen molar-refractivity contribution in [3.63, 3.8) is 0 Å². The molecule has 2 rings (SSSR count). The number of nitrogens with one attached hydrogen (secondary N) is 3. The predicted molar refractivity (Wildman–Crippen MR) is 108 cm³/mol. The monoisotopic (exact) mass is 409 g/mol. The quantitative estimate of drug-likeness (QED) is 0.625. The summed E-state index contributed by atoms with van der Waals surface area (Å²) in [6, 6.07) is 13.9. The van der Waals surface area contributed by atoms with Crippen molar-refractivity contribution in [1.29, 1.82) is 0 Å². The summed E-state index contributed by atoms with van der Waals surface area (Å²) in [5.74, 6) is -0.130. The normalized spacial score (nSPS) is 11.4. The maximum absolute atomic E-state index is 12.2. The fourth-order valence-electron chi connectivity index (χ4n) is 2.50. The molecular formula is C19H24ClN3O3S. The molecule has 0 aliphatic heterocycles. The first-order valence-corrected chi connectivity index (χ1v) is 10.6. The Hall–Kier alpha value is -2.09. The maximum atomic E-state index is 12.2. The number of carbonyl (C=O) groups excluding carboxylic acids is 1. The number of hydrogen-bond acceptors (Lipinski definition) is 3. The van der Waals surface area contributed by atoms with E-state index in [4.69, 9.17) is 11.6 Å². The van der Waals surface area contributed by atoms with Gasteiger partial charge in [-0.05, 0) is 42.7 Å². The third-order valence-corrected chi connectivity index (χ3v) is 5.46. The van der Waals surface area contributed by atoms with E-state index in [1.54, 1.807) is 44.2 Å². The molecule has 0 saturated heterocycles. The number of carbonyl (C=O) groups is 1. The lowest BCUT2D eigenvalue weighted by atomic mass is 10.1. The molecule has 0 spiro atoms. The first-order valence-electron chi connectivity index (χ1n) is 8.58. The Morgan fingerprint density at radius 3 is 2.19 bits per heavy atom. The molecule has 0 unspecified atom stereocenters. The summed E-state index contributed by atoms with van der Waals surface area (Å²) in [5.41, 5.74) is 2.35. The summed E-state index contributed by atoms with van der Waals surface area (Å²) in [5, 5.41) is 6.16. The van der Waals surface area contributed by atoms with Gasteiger partial charge in [0, 0.05) is 24.2 Å². The standard InChI is InChI=1S/C19H24ClN3O3S/c1-14(2)23-27(25,26)13-17-6-4-3-5-16(17)12-22-19(24)21-11-15-7-9-18(20)10-8-15/h3-10,14,23H,11-13H2,1-2H3,(H2,21,22,24). The Morgan fingerprint density at radius 1 is 0.963 bits per heavy atom. The Bertz CT molecular complexity index is 868. The molecule has 0 bridgehead atoms. The number of amides is 2. The molecule has 146 valence electrons. The lowest BCUT2D eigenvalue weighted by Crippen LogP contribution is -2.35. The summed E-state index contributed by atoms with van der Waals surface area (Å²) in [6.07, 6.45) is 0. The van der Waals surface area contributed by atoms with Crippen molar-refractivity contribution in [1.82, 2.24) is 15.4 Å². The smallest absolute Gasteiger partial charge is 0.315 e. The van der Waals surface area contributed by atoms with Gasteiger partial charge in [-0.15, -0.1) is 0 Å². The largest absolute Gasteiger partial charge is 0.334 e. The fourth-order valence-corrected chi connectivity index (χ4v) is 4.12. The number of urea groups is 1. The molecule has 27 heavy (non-hydrogen) atoms. The third-order valence-electron chi connectivity index (χ3n) is 3.68. The average Bonchev–Trinajstić information content (AvgIpc) is 2.59. The van der Waals surface area contributed by atoms with Gasteiger partial charge < -0.3 is 10.6 Å². The van der Waals surface area contributed by atoms with Crippen LogP contribution in [0.1, 0.15) is 30.5 Å². The fraction of sp³-hybridized carbons (Fsp3) is 0.316. The van der Waals surface area contributed by atoms with Gasteiger partial charge >= 0.3 is 6.03 Å². The van der Waals surface area contributed by atoms with E-state index < -0.39 is 10.0 Å². The van der Waals surface area contributed by atoms with E-state index in [9.17, 15) is 13.2 Å². The molecule has 2 aromatic carbocycles. The van der Waals surface area contributed by atoms with Crippen molar-refractivity contribution >= 4 is 27.7 Å². The van der Waals surface area contributed by atoms with Gasteiger partial charge in [-0.25, -0.2) is 17.9 Å². The second-order valence-corrected chi connectivity index (χ2v) is 8.65. The van der Waals surface area contributed by atoms with E-state index in [1.807, 2.05) is 18.2 Å². The van der Waals surface area contributed by atoms with Gasteiger partial charge in [-0.3, -0.25) is 0 Å². The third kappa shape index (κ3) is 7.58. The minimum Gasteiger partial charge on any atom is -0.334 e. The first kappa shape index (κ1) is 21.2. The van der Waals surface area contributed by atoms with Crippen molar-refractivity contribution in [3.05, 3.63) is 70.2 Å². The van der Waals surface area contributed by atoms with Crippen LogP contribution >= 0.6 is 11.6 Å². The summed E-state index contributed by atoms with van der Waals surface area (Å²) in [4.78, 5) is 12.0. The van der Waals surface area contributed by atoms with Crippen LogP contribution < -0.4 is 15.4 Å². The Morgan fingerprint density at radius 2 is 1.56 bits per heavy atom. The van der Waals surface area contributed by atoms with Crippen LogP contribution in [0.15, 0.2) is 48.5 Å². The molecule has 0 aliphatic carbocycles. The summed E-state index contributed by atoms with van der Waals surface area (Å²) >= 11 is 5.83. The second-order valence-electron chi connectivity index (χ2n) is 6.46. The molecule has 0 heterocycles. The van der Waals surface area contributed by atoms with E-state index in [2.05, 4.69) is 15.4 Å². The van der Waals surface area contributed by atoms with Crippen molar-refractivity contribution in [2.45, 2.75) is 38.7 Å². The SMILES string of the molecule is CC(C)NS(=O)(=O)Cc1ccccc1CNC(=O)NCc1ccc(Cl)cc1. The Kier molecular flexibility index (Phi) is 7.65. The van der Waals surface area contributed by atoms with Gasteiger partial charge in [0.2, 0.25) is 10.0 Å². The molecule has 0 aliphatic rings. The highest BCUT2D eigenvalue weighted by atomic mass is 35.5. The van der Waals surface area contributed by atoms with Crippen molar-refractivity contribution in [3.8, 4) is 0 Å². The van der Waals surface area contributed by atoms with Crippen LogP contribution in [0.4, 0.5) is 4.79 Å². The van der Waals surface area contributed by atoms with E-state index in [-0.39, 0.29) is 24.4 Å². The number of hydrogen-bond donors (Lipinski definition) is 3. The van der Waals surface area contributed by atoms with E-state index in [1.165, 1.54) is 0 Å². The highest BCUT2D eigenvalue weighted by molar-refractivity contribution is 7.88. The van der Waals surface area contributed by atoms with E-state index in [0.29, 0.717) is 17.1 Å². The molecule has 2 aromatic rings. The highest BCUT2D eigenvalue weighted by Crippen LogP contribution is 2.13. The predicted octanol–water partition coefficient (Wildman–Crippen LogP) is 3.17. The van der Waals surface area contributed by atoms with Crippen LogP contribution in [0.25, 0.3) is 0 Å². The zero-order chi connectivity index (χ0) is 19.9. The lowest BCUT2D eigenvalue weighted by molar-refractivity contribution is 0.240. The Labute approximate surface area is 165 Å². The van der Waals surface area contributed by atoms with Crippen molar-refractivity contribution < 1.29 is 13.2 Å². The molecule has 0 saturated carbocycles. The van der Waals surface area contributed by atoms with E-state index >= 15 is 0 Å². The molecular weight excluding hydrogens is 386 g/mol. The van der Waals surface area contributed by atoms with Gasteiger partial charge in [-0.1, -0.05) is 48.0 Å². The van der Waals surface area contributed by atoms with Gasteiger partial charge in [0.05, 0.1) is 5.75 Å². The lowest BCUT2D eigenvalue weighted by Gasteiger charge is -2.13. The van der Waals surface area contributed by atoms with Crippen LogP contribution in [0.3, 0.4) is 0 Å². The zero-order valence-electron chi connectivity index (χ0n) is 15.3. The topological polar surface area (TPSA) is 87.3 Å². The first-order chi connectivity index (χ1) is 12.7. The van der Waals surface area contributed by atoms with Gasteiger partial charge in [0.25, 0.3) is 0 Å². The maximum Gasteiger partial charge on any atom is 0.315 e. The second kappa shape index (κ2) is 9.73. The molecule has 2 amide bonds. The zero-order valence-corrected chi connectivity index (χ0v) is 16.9. The van der Waals surface area contributed by atoms with Crippen LogP contribution in [0.2, 0.25) is 5.02 Å². The molecule has 3 N–H and O–H groups in total. The Balaban J connectivity index is 1.91. The number of benzene rings is 2. The summed E-state index contributed by atoms with van der Waals surface area (Å²) in [7, 11) is -3.43. The van der Waals surface area contributed by atoms with Crippen LogP contribution in [0, 0.1) is 0 Å². The number of halogens is 1. The van der Waals surface area contributed by atoms with Crippen molar-refractivity contribution in [2.24, 2.45) is 0 Å². The molecule has 6 nitrogen and oxygen atoms in total. The molecule has 0 atom stereocenters. The van der Waals surface area contributed by atoms with Gasteiger partial charge in [-0.2, -0.15) is 0 Å². The highest BCUT2D eigenvalue weighted by Gasteiger charge is 2.15. The van der Waals surface area contributed by atoms with Crippen LogP contribution in [-0.2, 0) is 28.9 Å². The average molecular weight is 410 g/mol. The van der Waals surface area contributed by atoms with Crippen LogP contribution in [-0.4, -0.2) is 20.5 Å². The molecule has 0 aromatic heterocycles. The van der Waals surface area contributed by atoms with Crippen LogP contribution in [0.5, 0.6) is 0 Å². The molecule has 0 fully saturated rings. The number of rotatable bonds is 8. The van der Waals surface area contributed by atoms with Gasteiger partial charge in [0.1, 0.15) is 0 Å². The molecule has 8 heteroatoms.